The molecule has 0 radical (unpaired) electrons. The molecule has 2 aromatic heterocycles. The minimum atomic E-state index is -0.362. The number of fused-ring (bicyclic) bond motifs is 1. The number of ether oxygens (including phenoxy) is 2. The number of hydrogen-bond donors (Lipinski definition) is 0. The number of aromatic nitrogens is 2. The van der Waals surface area contributed by atoms with Crippen molar-refractivity contribution in [3.05, 3.63) is 35.8 Å². The Labute approximate surface area is 105 Å². The number of carbonyl (C=O) groups excluding carboxylic acids is 1. The molecule has 0 atom stereocenters. The first-order valence-electron chi connectivity index (χ1n) is 5.97. The molecule has 2 aromatic rings. The zero-order valence-electron chi connectivity index (χ0n) is 10.5. The molecule has 0 saturated heterocycles. The van der Waals surface area contributed by atoms with Gasteiger partial charge >= 0.3 is 5.97 Å². The van der Waals surface area contributed by atoms with E-state index in [4.69, 9.17) is 9.47 Å². The fourth-order valence-corrected chi connectivity index (χ4v) is 1.69. The fourth-order valence-electron chi connectivity index (χ4n) is 1.69. The number of carbonyl (C=O) groups is 1. The van der Waals surface area contributed by atoms with Gasteiger partial charge in [-0.05, 0) is 25.5 Å². The predicted octanol–water partition coefficient (Wildman–Crippen LogP) is 2.05. The van der Waals surface area contributed by atoms with E-state index in [1.807, 2.05) is 25.3 Å². The van der Waals surface area contributed by atoms with Crippen molar-refractivity contribution in [2.24, 2.45) is 0 Å². The van der Waals surface area contributed by atoms with Crippen molar-refractivity contribution < 1.29 is 14.3 Å². The van der Waals surface area contributed by atoms with Crippen LogP contribution in [0.15, 0.2) is 24.5 Å². The lowest BCUT2D eigenvalue weighted by molar-refractivity contribution is 0.0518. The first-order chi connectivity index (χ1) is 8.76. The van der Waals surface area contributed by atoms with Crippen LogP contribution in [0.4, 0.5) is 0 Å². The van der Waals surface area contributed by atoms with Crippen LogP contribution in [-0.4, -0.2) is 28.6 Å². The number of rotatable bonds is 5. The molecule has 0 aliphatic rings. The molecule has 0 amide bonds. The highest BCUT2D eigenvalue weighted by atomic mass is 16.5. The summed E-state index contributed by atoms with van der Waals surface area (Å²) in [7, 11) is 0. The minimum Gasteiger partial charge on any atom is -0.461 e. The van der Waals surface area contributed by atoms with E-state index in [0.717, 1.165) is 11.2 Å². The second kappa shape index (κ2) is 5.64. The van der Waals surface area contributed by atoms with Gasteiger partial charge in [0.15, 0.2) is 5.69 Å². The molecule has 5 heteroatoms. The van der Waals surface area contributed by atoms with Crippen molar-refractivity contribution >= 4 is 11.6 Å². The van der Waals surface area contributed by atoms with Crippen LogP contribution in [0.25, 0.3) is 5.65 Å². The monoisotopic (exact) mass is 248 g/mol. The molecular formula is C13H16N2O3. The van der Waals surface area contributed by atoms with Crippen LogP contribution in [0.3, 0.4) is 0 Å². The molecule has 0 saturated carbocycles. The first-order valence-corrected chi connectivity index (χ1v) is 5.97. The molecule has 0 fully saturated rings. The second-order valence-corrected chi connectivity index (χ2v) is 3.77. The van der Waals surface area contributed by atoms with Crippen molar-refractivity contribution in [2.75, 3.05) is 13.2 Å². The van der Waals surface area contributed by atoms with E-state index in [9.17, 15) is 4.79 Å². The molecule has 2 rings (SSSR count). The summed E-state index contributed by atoms with van der Waals surface area (Å²) in [6, 6.07) is 3.80. The maximum atomic E-state index is 11.7. The van der Waals surface area contributed by atoms with Crippen LogP contribution >= 0.6 is 0 Å². The molecule has 0 bridgehead atoms. The van der Waals surface area contributed by atoms with Gasteiger partial charge in [-0.3, -0.25) is 4.40 Å². The van der Waals surface area contributed by atoms with Gasteiger partial charge in [0, 0.05) is 12.8 Å². The molecule has 0 aromatic carbocycles. The molecule has 2 heterocycles. The molecule has 5 nitrogen and oxygen atoms in total. The highest BCUT2D eigenvalue weighted by Gasteiger charge is 2.13. The molecule has 0 aliphatic carbocycles. The Balaban J connectivity index is 2.33. The SMILES string of the molecule is CCOCc1ccc2ncc(C(=O)OCC)n2c1. The van der Waals surface area contributed by atoms with E-state index in [-0.39, 0.29) is 5.97 Å². The molecule has 0 N–H and O–H groups in total. The minimum absolute atomic E-state index is 0.352. The summed E-state index contributed by atoms with van der Waals surface area (Å²) in [5.74, 6) is -0.362. The van der Waals surface area contributed by atoms with E-state index < -0.39 is 0 Å². The molecule has 0 spiro atoms. The van der Waals surface area contributed by atoms with Crippen molar-refractivity contribution in [3.8, 4) is 0 Å². The number of esters is 1. The molecule has 96 valence electrons. The molecule has 18 heavy (non-hydrogen) atoms. The molecule has 0 aliphatic heterocycles. The van der Waals surface area contributed by atoms with E-state index in [0.29, 0.717) is 25.5 Å². The molecule has 0 unspecified atom stereocenters. The Hall–Kier alpha value is -1.88. The normalized spacial score (nSPS) is 10.8. The van der Waals surface area contributed by atoms with Crippen molar-refractivity contribution in [1.29, 1.82) is 0 Å². The predicted molar refractivity (Wildman–Crippen MR) is 66.5 cm³/mol. The zero-order chi connectivity index (χ0) is 13.0. The zero-order valence-corrected chi connectivity index (χ0v) is 10.5. The Morgan fingerprint density at radius 3 is 2.89 bits per heavy atom. The van der Waals surface area contributed by atoms with Crippen molar-refractivity contribution in [2.45, 2.75) is 20.5 Å². The van der Waals surface area contributed by atoms with E-state index in [2.05, 4.69) is 4.98 Å². The summed E-state index contributed by atoms with van der Waals surface area (Å²) in [6.07, 6.45) is 3.38. The van der Waals surface area contributed by atoms with Gasteiger partial charge in [-0.25, -0.2) is 9.78 Å². The summed E-state index contributed by atoms with van der Waals surface area (Å²) >= 11 is 0. The van der Waals surface area contributed by atoms with Gasteiger partial charge in [-0.1, -0.05) is 6.07 Å². The van der Waals surface area contributed by atoms with Crippen LogP contribution in [-0.2, 0) is 16.1 Å². The lowest BCUT2D eigenvalue weighted by Crippen LogP contribution is -2.08. The topological polar surface area (TPSA) is 52.8 Å². The van der Waals surface area contributed by atoms with Crippen molar-refractivity contribution in [3.63, 3.8) is 0 Å². The van der Waals surface area contributed by atoms with Crippen LogP contribution in [0.5, 0.6) is 0 Å². The summed E-state index contributed by atoms with van der Waals surface area (Å²) < 4.78 is 12.1. The number of nitrogens with zero attached hydrogens (tertiary/aromatic N) is 2. The Bertz CT molecular complexity index is 548. The van der Waals surface area contributed by atoms with E-state index in [1.54, 1.807) is 11.3 Å². The third kappa shape index (κ3) is 2.51. The first kappa shape index (κ1) is 12.6. The average molecular weight is 248 g/mol. The van der Waals surface area contributed by atoms with Crippen LogP contribution in [0.1, 0.15) is 29.9 Å². The second-order valence-electron chi connectivity index (χ2n) is 3.77. The quantitative estimate of drug-likeness (QED) is 0.760. The summed E-state index contributed by atoms with van der Waals surface area (Å²) in [6.45, 7) is 5.26. The smallest absolute Gasteiger partial charge is 0.356 e. The van der Waals surface area contributed by atoms with Gasteiger partial charge < -0.3 is 9.47 Å². The van der Waals surface area contributed by atoms with Gasteiger partial charge in [0.1, 0.15) is 5.65 Å². The van der Waals surface area contributed by atoms with Gasteiger partial charge in [0.25, 0.3) is 0 Å². The van der Waals surface area contributed by atoms with Crippen LogP contribution in [0.2, 0.25) is 0 Å². The highest BCUT2D eigenvalue weighted by Crippen LogP contribution is 2.11. The van der Waals surface area contributed by atoms with E-state index in [1.165, 1.54) is 6.20 Å². The van der Waals surface area contributed by atoms with E-state index >= 15 is 0 Å². The lowest BCUT2D eigenvalue weighted by Gasteiger charge is -2.05. The van der Waals surface area contributed by atoms with Crippen LogP contribution in [0, 0.1) is 0 Å². The van der Waals surface area contributed by atoms with Gasteiger partial charge in [0.2, 0.25) is 0 Å². The summed E-state index contributed by atoms with van der Waals surface area (Å²) in [5.41, 5.74) is 2.15. The third-order valence-corrected chi connectivity index (χ3v) is 2.52. The average Bonchev–Trinajstić information content (AvgIpc) is 2.79. The third-order valence-electron chi connectivity index (χ3n) is 2.52. The number of imidazole rings is 1. The Morgan fingerprint density at radius 2 is 2.17 bits per heavy atom. The summed E-state index contributed by atoms with van der Waals surface area (Å²) in [5, 5.41) is 0. The standard InChI is InChI=1S/C13H16N2O3/c1-3-17-9-10-5-6-12-14-7-11(15(12)8-10)13(16)18-4-2/h5-8H,3-4,9H2,1-2H3. The number of hydrogen-bond acceptors (Lipinski definition) is 4. The van der Waals surface area contributed by atoms with Gasteiger partial charge in [-0.15, -0.1) is 0 Å². The number of pyridine rings is 1. The summed E-state index contributed by atoms with van der Waals surface area (Å²) in [4.78, 5) is 15.9. The largest absolute Gasteiger partial charge is 0.461 e. The van der Waals surface area contributed by atoms with Crippen LogP contribution < -0.4 is 0 Å². The Kier molecular flexibility index (Phi) is 3.94. The maximum absolute atomic E-state index is 11.7. The molecular weight excluding hydrogens is 232 g/mol. The van der Waals surface area contributed by atoms with Gasteiger partial charge in [-0.2, -0.15) is 0 Å². The van der Waals surface area contributed by atoms with Gasteiger partial charge in [0.05, 0.1) is 19.4 Å². The Morgan fingerprint density at radius 1 is 1.33 bits per heavy atom. The lowest BCUT2D eigenvalue weighted by atomic mass is 10.3. The fraction of sp³-hybridized carbons (Fsp3) is 0.385. The van der Waals surface area contributed by atoms with Crippen molar-refractivity contribution in [1.82, 2.24) is 9.38 Å². The maximum Gasteiger partial charge on any atom is 0.356 e. The highest BCUT2D eigenvalue weighted by molar-refractivity contribution is 5.88.